The highest BCUT2D eigenvalue weighted by Crippen LogP contribution is 2.37. The standard InChI is InChI=1S/C21H25N3O3S.ClH/c1-15-21(17-9-4-6-10-18(17)23(15)2)28(25,26)24-13-12-22-14-19(24)16-8-5-7-11-20(16)27-3;/h4-11,19,22H,12-14H2,1-3H3;1H. The molecule has 0 aliphatic carbocycles. The number of nitrogens with one attached hydrogen (secondary N) is 1. The van der Waals surface area contributed by atoms with Crippen LogP contribution < -0.4 is 10.1 Å². The fourth-order valence-corrected chi connectivity index (χ4v) is 6.16. The molecule has 0 radical (unpaired) electrons. The van der Waals surface area contributed by atoms with Crippen molar-refractivity contribution in [3.63, 3.8) is 0 Å². The Morgan fingerprint density at radius 1 is 1.10 bits per heavy atom. The van der Waals surface area contributed by atoms with Crippen LogP contribution in [-0.4, -0.2) is 44.0 Å². The van der Waals surface area contributed by atoms with Crippen molar-refractivity contribution in [2.24, 2.45) is 7.05 Å². The normalized spacial score (nSPS) is 17.8. The predicted molar refractivity (Wildman–Crippen MR) is 117 cm³/mol. The summed E-state index contributed by atoms with van der Waals surface area (Å²) in [6, 6.07) is 15.0. The van der Waals surface area contributed by atoms with Crippen molar-refractivity contribution in [3.8, 4) is 5.75 Å². The zero-order chi connectivity index (χ0) is 19.9. The van der Waals surface area contributed by atoms with Crippen LogP contribution in [-0.2, 0) is 17.1 Å². The first kappa shape index (κ1) is 21.6. The van der Waals surface area contributed by atoms with E-state index in [4.69, 9.17) is 4.74 Å². The number of methoxy groups -OCH3 is 1. The molecule has 29 heavy (non-hydrogen) atoms. The van der Waals surface area contributed by atoms with E-state index >= 15 is 0 Å². The fraction of sp³-hybridized carbons (Fsp3) is 0.333. The summed E-state index contributed by atoms with van der Waals surface area (Å²) in [6.45, 7) is 3.44. The maximum atomic E-state index is 13.9. The lowest BCUT2D eigenvalue weighted by molar-refractivity contribution is 0.264. The molecule has 1 aliphatic heterocycles. The van der Waals surface area contributed by atoms with E-state index in [0.717, 1.165) is 22.2 Å². The number of fused-ring (bicyclic) bond motifs is 1. The molecule has 0 bridgehead atoms. The molecule has 8 heteroatoms. The molecule has 1 N–H and O–H groups in total. The van der Waals surface area contributed by atoms with Crippen molar-refractivity contribution in [2.45, 2.75) is 17.9 Å². The van der Waals surface area contributed by atoms with Gasteiger partial charge in [0.05, 0.1) is 13.2 Å². The number of rotatable bonds is 4. The molecule has 1 aliphatic rings. The molecule has 2 aromatic carbocycles. The van der Waals surface area contributed by atoms with Crippen LogP contribution >= 0.6 is 12.4 Å². The number of piperazine rings is 1. The minimum Gasteiger partial charge on any atom is -0.496 e. The van der Waals surface area contributed by atoms with Gasteiger partial charge in [-0.25, -0.2) is 8.42 Å². The van der Waals surface area contributed by atoms with Gasteiger partial charge in [-0.05, 0) is 19.1 Å². The quantitative estimate of drug-likeness (QED) is 0.683. The number of ether oxygens (including phenoxy) is 1. The van der Waals surface area contributed by atoms with Gasteiger partial charge < -0.3 is 14.6 Å². The lowest BCUT2D eigenvalue weighted by atomic mass is 10.0. The van der Waals surface area contributed by atoms with E-state index in [1.54, 1.807) is 11.4 Å². The summed E-state index contributed by atoms with van der Waals surface area (Å²) >= 11 is 0. The van der Waals surface area contributed by atoms with Gasteiger partial charge in [0.15, 0.2) is 0 Å². The van der Waals surface area contributed by atoms with E-state index in [2.05, 4.69) is 5.32 Å². The molecule has 1 aromatic heterocycles. The van der Waals surface area contributed by atoms with Crippen molar-refractivity contribution in [3.05, 3.63) is 59.8 Å². The molecule has 1 fully saturated rings. The minimum atomic E-state index is -3.70. The second-order valence-corrected chi connectivity index (χ2v) is 8.90. The SMILES string of the molecule is COc1ccccc1C1CNCCN1S(=O)(=O)c1c(C)n(C)c2ccccc12.Cl. The molecular formula is C21H26ClN3O3S. The topological polar surface area (TPSA) is 63.6 Å². The summed E-state index contributed by atoms with van der Waals surface area (Å²) in [5, 5.41) is 4.09. The maximum absolute atomic E-state index is 13.9. The highest BCUT2D eigenvalue weighted by atomic mass is 35.5. The molecule has 0 amide bonds. The third kappa shape index (κ3) is 3.53. The number of hydrogen-bond donors (Lipinski definition) is 1. The summed E-state index contributed by atoms with van der Waals surface area (Å²) in [5.41, 5.74) is 2.54. The Morgan fingerprint density at radius 2 is 1.79 bits per heavy atom. The van der Waals surface area contributed by atoms with Gasteiger partial charge >= 0.3 is 0 Å². The average molecular weight is 436 g/mol. The third-order valence-electron chi connectivity index (χ3n) is 5.60. The molecule has 4 rings (SSSR count). The number of aryl methyl sites for hydroxylation is 1. The second kappa shape index (κ2) is 8.36. The van der Waals surface area contributed by atoms with Crippen molar-refractivity contribution >= 4 is 33.3 Å². The van der Waals surface area contributed by atoms with Gasteiger partial charge in [0.1, 0.15) is 10.6 Å². The Labute approximate surface area is 177 Å². The molecule has 1 unspecified atom stereocenters. The smallest absolute Gasteiger partial charge is 0.246 e. The minimum absolute atomic E-state index is 0. The van der Waals surface area contributed by atoms with Gasteiger partial charge in [-0.2, -0.15) is 4.31 Å². The van der Waals surface area contributed by atoms with Crippen molar-refractivity contribution in [1.29, 1.82) is 0 Å². The van der Waals surface area contributed by atoms with Crippen LogP contribution in [0, 0.1) is 6.92 Å². The zero-order valence-electron chi connectivity index (χ0n) is 16.8. The maximum Gasteiger partial charge on any atom is 0.246 e. The predicted octanol–water partition coefficient (Wildman–Crippen LogP) is 3.25. The van der Waals surface area contributed by atoms with Gasteiger partial charge in [-0.15, -0.1) is 12.4 Å². The third-order valence-corrected chi connectivity index (χ3v) is 7.69. The molecule has 1 saturated heterocycles. The van der Waals surface area contributed by atoms with E-state index in [1.807, 2.05) is 67.1 Å². The van der Waals surface area contributed by atoms with Crippen molar-refractivity contribution in [2.75, 3.05) is 26.7 Å². The van der Waals surface area contributed by atoms with Crippen LogP contribution in [0.3, 0.4) is 0 Å². The summed E-state index contributed by atoms with van der Waals surface area (Å²) in [4.78, 5) is 0.396. The van der Waals surface area contributed by atoms with E-state index < -0.39 is 10.0 Å². The number of aromatic nitrogens is 1. The number of nitrogens with zero attached hydrogens (tertiary/aromatic N) is 2. The summed E-state index contributed by atoms with van der Waals surface area (Å²) in [5.74, 6) is 0.700. The van der Waals surface area contributed by atoms with Gasteiger partial charge in [-0.3, -0.25) is 0 Å². The molecule has 0 spiro atoms. The number of hydrogen-bond acceptors (Lipinski definition) is 4. The summed E-state index contributed by atoms with van der Waals surface area (Å²) in [6.07, 6.45) is 0. The van der Waals surface area contributed by atoms with Gasteiger partial charge in [0.2, 0.25) is 10.0 Å². The van der Waals surface area contributed by atoms with E-state index in [1.165, 1.54) is 0 Å². The fourth-order valence-electron chi connectivity index (χ4n) is 4.11. The molecule has 156 valence electrons. The second-order valence-electron chi connectivity index (χ2n) is 7.07. The highest BCUT2D eigenvalue weighted by molar-refractivity contribution is 7.89. The van der Waals surface area contributed by atoms with Crippen LogP contribution in [0.15, 0.2) is 53.4 Å². The largest absolute Gasteiger partial charge is 0.496 e. The van der Waals surface area contributed by atoms with E-state index in [-0.39, 0.29) is 18.4 Å². The molecule has 2 heterocycles. The monoisotopic (exact) mass is 435 g/mol. The Kier molecular flexibility index (Phi) is 6.24. The van der Waals surface area contributed by atoms with Crippen LogP contribution in [0.2, 0.25) is 0 Å². The summed E-state index contributed by atoms with van der Waals surface area (Å²) < 4.78 is 36.8. The van der Waals surface area contributed by atoms with Crippen LogP contribution in [0.1, 0.15) is 17.3 Å². The number of para-hydroxylation sites is 2. The molecular weight excluding hydrogens is 410 g/mol. The molecule has 3 aromatic rings. The first-order valence-electron chi connectivity index (χ1n) is 9.36. The Hall–Kier alpha value is -2.06. The van der Waals surface area contributed by atoms with E-state index in [9.17, 15) is 8.42 Å². The summed E-state index contributed by atoms with van der Waals surface area (Å²) in [7, 11) is -0.181. The lowest BCUT2D eigenvalue weighted by Crippen LogP contribution is -2.48. The zero-order valence-corrected chi connectivity index (χ0v) is 18.4. The van der Waals surface area contributed by atoms with Gasteiger partial charge in [0.25, 0.3) is 0 Å². The Bertz CT molecular complexity index is 1130. The average Bonchev–Trinajstić information content (AvgIpc) is 2.99. The molecule has 0 saturated carbocycles. The van der Waals surface area contributed by atoms with Gasteiger partial charge in [-0.1, -0.05) is 36.4 Å². The Balaban J connectivity index is 0.00000240. The molecule has 1 atom stereocenters. The number of sulfonamides is 1. The van der Waals surface area contributed by atoms with E-state index in [0.29, 0.717) is 30.3 Å². The van der Waals surface area contributed by atoms with Gasteiger partial charge in [0, 0.05) is 48.8 Å². The van der Waals surface area contributed by atoms with Crippen molar-refractivity contribution in [1.82, 2.24) is 14.2 Å². The first-order chi connectivity index (χ1) is 13.5. The first-order valence-corrected chi connectivity index (χ1v) is 10.8. The number of halogens is 1. The van der Waals surface area contributed by atoms with Crippen LogP contribution in [0.5, 0.6) is 5.75 Å². The lowest BCUT2D eigenvalue weighted by Gasteiger charge is -2.36. The van der Waals surface area contributed by atoms with Crippen molar-refractivity contribution < 1.29 is 13.2 Å². The van der Waals surface area contributed by atoms with Crippen LogP contribution in [0.25, 0.3) is 10.9 Å². The molecule has 6 nitrogen and oxygen atoms in total. The van der Waals surface area contributed by atoms with Crippen LogP contribution in [0.4, 0.5) is 0 Å². The Morgan fingerprint density at radius 3 is 2.55 bits per heavy atom. The number of benzene rings is 2. The highest BCUT2D eigenvalue weighted by Gasteiger charge is 2.38.